The van der Waals surface area contributed by atoms with E-state index in [-0.39, 0.29) is 23.2 Å². The summed E-state index contributed by atoms with van der Waals surface area (Å²) in [7, 11) is 0. The monoisotopic (exact) mass is 336 g/mol. The van der Waals surface area contributed by atoms with Crippen LogP contribution in [0.3, 0.4) is 0 Å². The molecule has 0 fully saturated rings. The SMILES string of the molecule is CC(=O)Nc1cc(NC(=O)CSc2ccccc2F)ccc1F. The van der Waals surface area contributed by atoms with Gasteiger partial charge in [0.1, 0.15) is 11.6 Å². The van der Waals surface area contributed by atoms with Gasteiger partial charge in [0.25, 0.3) is 0 Å². The molecule has 0 saturated heterocycles. The van der Waals surface area contributed by atoms with Gasteiger partial charge in [-0.05, 0) is 30.3 Å². The topological polar surface area (TPSA) is 58.2 Å². The Morgan fingerprint density at radius 1 is 1.04 bits per heavy atom. The van der Waals surface area contributed by atoms with Crippen molar-refractivity contribution >= 4 is 35.0 Å². The van der Waals surface area contributed by atoms with Crippen LogP contribution in [0, 0.1) is 11.6 Å². The molecule has 2 aromatic rings. The molecule has 2 N–H and O–H groups in total. The van der Waals surface area contributed by atoms with Crippen molar-refractivity contribution in [3.63, 3.8) is 0 Å². The number of rotatable bonds is 5. The van der Waals surface area contributed by atoms with Gasteiger partial charge in [0, 0.05) is 17.5 Å². The maximum atomic E-state index is 13.5. The Morgan fingerprint density at radius 2 is 1.78 bits per heavy atom. The number of hydrogen-bond donors (Lipinski definition) is 2. The molecule has 0 heterocycles. The van der Waals surface area contributed by atoms with Crippen LogP contribution in [0.1, 0.15) is 6.92 Å². The number of amides is 2. The predicted molar refractivity (Wildman–Crippen MR) is 86.5 cm³/mol. The summed E-state index contributed by atoms with van der Waals surface area (Å²) >= 11 is 1.06. The number of anilines is 2. The first-order valence-electron chi connectivity index (χ1n) is 6.70. The molecule has 0 unspecified atom stereocenters. The van der Waals surface area contributed by atoms with Gasteiger partial charge in [-0.2, -0.15) is 0 Å². The number of halogens is 2. The van der Waals surface area contributed by atoms with E-state index in [1.807, 2.05) is 0 Å². The van der Waals surface area contributed by atoms with Crippen LogP contribution in [0.25, 0.3) is 0 Å². The number of thioether (sulfide) groups is 1. The molecule has 0 spiro atoms. The summed E-state index contributed by atoms with van der Waals surface area (Å²) in [5.41, 5.74) is 0.325. The molecule has 0 aliphatic heterocycles. The van der Waals surface area contributed by atoms with Gasteiger partial charge < -0.3 is 10.6 Å². The highest BCUT2D eigenvalue weighted by atomic mass is 32.2. The van der Waals surface area contributed by atoms with Gasteiger partial charge in [-0.1, -0.05) is 12.1 Å². The van der Waals surface area contributed by atoms with E-state index < -0.39 is 11.7 Å². The van der Waals surface area contributed by atoms with E-state index in [4.69, 9.17) is 0 Å². The van der Waals surface area contributed by atoms with Crippen molar-refractivity contribution < 1.29 is 18.4 Å². The summed E-state index contributed by atoms with van der Waals surface area (Å²) in [6, 6.07) is 10.0. The highest BCUT2D eigenvalue weighted by Crippen LogP contribution is 2.23. The second-order valence-corrected chi connectivity index (χ2v) is 5.66. The van der Waals surface area contributed by atoms with Crippen LogP contribution in [-0.2, 0) is 9.59 Å². The number of nitrogens with one attached hydrogen (secondary N) is 2. The molecule has 0 aliphatic carbocycles. The van der Waals surface area contributed by atoms with Gasteiger partial charge in [0.2, 0.25) is 11.8 Å². The van der Waals surface area contributed by atoms with Crippen LogP contribution in [0.2, 0.25) is 0 Å². The van der Waals surface area contributed by atoms with E-state index in [9.17, 15) is 18.4 Å². The third-order valence-electron chi connectivity index (χ3n) is 2.76. The van der Waals surface area contributed by atoms with Gasteiger partial charge >= 0.3 is 0 Å². The number of carbonyl (C=O) groups is 2. The number of benzene rings is 2. The molecule has 0 atom stereocenters. The third kappa shape index (κ3) is 5.07. The van der Waals surface area contributed by atoms with Crippen LogP contribution in [0.5, 0.6) is 0 Å². The average Bonchev–Trinajstić information content (AvgIpc) is 2.49. The van der Waals surface area contributed by atoms with Crippen LogP contribution >= 0.6 is 11.8 Å². The van der Waals surface area contributed by atoms with E-state index in [2.05, 4.69) is 10.6 Å². The Bertz CT molecular complexity index is 738. The summed E-state index contributed by atoms with van der Waals surface area (Å²) in [4.78, 5) is 23.2. The van der Waals surface area contributed by atoms with E-state index >= 15 is 0 Å². The van der Waals surface area contributed by atoms with Crippen molar-refractivity contribution in [3.8, 4) is 0 Å². The Labute approximate surface area is 136 Å². The largest absolute Gasteiger partial charge is 0.325 e. The molecule has 2 rings (SSSR count). The molecule has 0 aliphatic rings. The summed E-state index contributed by atoms with van der Waals surface area (Å²) in [5.74, 6) is -1.76. The Morgan fingerprint density at radius 3 is 2.48 bits per heavy atom. The van der Waals surface area contributed by atoms with Crippen molar-refractivity contribution in [1.29, 1.82) is 0 Å². The van der Waals surface area contributed by atoms with Gasteiger partial charge in [0.15, 0.2) is 0 Å². The zero-order valence-electron chi connectivity index (χ0n) is 12.2. The fourth-order valence-electron chi connectivity index (χ4n) is 1.79. The van der Waals surface area contributed by atoms with Crippen molar-refractivity contribution in [3.05, 3.63) is 54.1 Å². The van der Waals surface area contributed by atoms with Crippen LogP contribution in [0.15, 0.2) is 47.4 Å². The first-order chi connectivity index (χ1) is 11.0. The van der Waals surface area contributed by atoms with Crippen molar-refractivity contribution in [1.82, 2.24) is 0 Å². The maximum Gasteiger partial charge on any atom is 0.234 e. The first-order valence-corrected chi connectivity index (χ1v) is 7.68. The van der Waals surface area contributed by atoms with Crippen LogP contribution in [-0.4, -0.2) is 17.6 Å². The molecule has 7 heteroatoms. The highest BCUT2D eigenvalue weighted by molar-refractivity contribution is 8.00. The zero-order valence-corrected chi connectivity index (χ0v) is 13.0. The molecule has 0 bridgehead atoms. The number of carbonyl (C=O) groups excluding carboxylic acids is 2. The minimum absolute atomic E-state index is 0.00772. The van der Waals surface area contributed by atoms with Gasteiger partial charge in [-0.15, -0.1) is 11.8 Å². The lowest BCUT2D eigenvalue weighted by molar-refractivity contribution is -0.114. The second kappa shape index (κ2) is 7.73. The van der Waals surface area contributed by atoms with Gasteiger partial charge in [0.05, 0.1) is 11.4 Å². The standard InChI is InChI=1S/C16H14F2N2O2S/c1-10(21)19-14-8-11(6-7-12(14)17)20-16(22)9-23-15-5-3-2-4-13(15)18/h2-8H,9H2,1H3,(H,19,21)(H,20,22). The Kier molecular flexibility index (Phi) is 5.70. The minimum atomic E-state index is -0.598. The predicted octanol–water partition coefficient (Wildman–Crippen LogP) is 3.65. The number of hydrogen-bond acceptors (Lipinski definition) is 3. The first kappa shape index (κ1) is 17.0. The van der Waals surface area contributed by atoms with Crippen molar-refractivity contribution in [2.24, 2.45) is 0 Å². The summed E-state index contributed by atoms with van der Waals surface area (Å²) in [6.07, 6.45) is 0. The Hall–Kier alpha value is -2.41. The molecular formula is C16H14F2N2O2S. The van der Waals surface area contributed by atoms with E-state index in [1.165, 1.54) is 25.1 Å². The molecule has 0 saturated carbocycles. The molecule has 4 nitrogen and oxygen atoms in total. The fraction of sp³-hybridized carbons (Fsp3) is 0.125. The molecule has 120 valence electrons. The van der Waals surface area contributed by atoms with Gasteiger partial charge in [-0.25, -0.2) is 8.78 Å². The fourth-order valence-corrected chi connectivity index (χ4v) is 2.53. The normalized spacial score (nSPS) is 10.2. The molecule has 0 aromatic heterocycles. The molecule has 0 radical (unpaired) electrons. The van der Waals surface area contributed by atoms with Crippen molar-refractivity contribution in [2.45, 2.75) is 11.8 Å². The van der Waals surface area contributed by atoms with E-state index in [0.717, 1.165) is 17.8 Å². The van der Waals surface area contributed by atoms with Crippen molar-refractivity contribution in [2.75, 3.05) is 16.4 Å². The molecular weight excluding hydrogens is 322 g/mol. The summed E-state index contributed by atoms with van der Waals surface area (Å²) in [5, 5.41) is 4.90. The average molecular weight is 336 g/mol. The Balaban J connectivity index is 1.97. The highest BCUT2D eigenvalue weighted by Gasteiger charge is 2.09. The van der Waals surface area contributed by atoms with E-state index in [1.54, 1.807) is 18.2 Å². The lowest BCUT2D eigenvalue weighted by Crippen LogP contribution is -2.15. The van der Waals surface area contributed by atoms with Crippen LogP contribution in [0.4, 0.5) is 20.2 Å². The quantitative estimate of drug-likeness (QED) is 0.820. The second-order valence-electron chi connectivity index (χ2n) is 4.64. The minimum Gasteiger partial charge on any atom is -0.325 e. The maximum absolute atomic E-state index is 13.5. The zero-order chi connectivity index (χ0) is 16.8. The summed E-state index contributed by atoms with van der Waals surface area (Å²) in [6.45, 7) is 1.26. The third-order valence-corrected chi connectivity index (χ3v) is 3.80. The lowest BCUT2D eigenvalue weighted by Gasteiger charge is -2.09. The van der Waals surface area contributed by atoms with Crippen LogP contribution < -0.4 is 10.6 Å². The van der Waals surface area contributed by atoms with Gasteiger partial charge in [-0.3, -0.25) is 9.59 Å². The summed E-state index contributed by atoms with van der Waals surface area (Å²) < 4.78 is 27.0. The molecule has 2 amide bonds. The lowest BCUT2D eigenvalue weighted by atomic mass is 10.2. The smallest absolute Gasteiger partial charge is 0.234 e. The molecule has 2 aromatic carbocycles. The van der Waals surface area contributed by atoms with E-state index in [0.29, 0.717) is 10.6 Å². The molecule has 23 heavy (non-hydrogen) atoms.